The highest BCUT2D eigenvalue weighted by atomic mass is 32.2. The van der Waals surface area contributed by atoms with Gasteiger partial charge < -0.3 is 35.7 Å². The SMILES string of the molecule is CC.CC1(O)COCCCCOc2c(CNC(=O)OC(C)(C)C)cccc2NC(=O)c2nc(cnc2N)-c2ccc(cc2)S(=O)C(C)(C)C1. The maximum absolute atomic E-state index is 13.5. The summed E-state index contributed by atoms with van der Waals surface area (Å²) in [4.78, 5) is 35.2. The Hall–Kier alpha value is -4.07. The Kier molecular flexibility index (Phi) is 13.7. The number of nitrogens with two attached hydrogens (primary N) is 1. The molecule has 3 aromatic rings. The van der Waals surface area contributed by atoms with Crippen LogP contribution in [0.5, 0.6) is 5.75 Å². The highest BCUT2D eigenvalue weighted by Crippen LogP contribution is 2.33. The molecule has 0 radical (unpaired) electrons. The number of alkyl carbamates (subject to hydrolysis) is 1. The number of fused-ring (bicyclic) bond motifs is 13. The van der Waals surface area contributed by atoms with Crippen molar-refractivity contribution in [2.24, 2.45) is 0 Å². The monoisotopic (exact) mass is 697 g/mol. The number of para-hydroxylation sites is 1. The third-order valence-corrected chi connectivity index (χ3v) is 9.05. The molecule has 0 spiro atoms. The van der Waals surface area contributed by atoms with Gasteiger partial charge in [0.25, 0.3) is 5.91 Å². The summed E-state index contributed by atoms with van der Waals surface area (Å²) in [6.45, 7) is 15.6. The Balaban J connectivity index is 0.00000319. The van der Waals surface area contributed by atoms with Crippen LogP contribution in [0.25, 0.3) is 11.3 Å². The summed E-state index contributed by atoms with van der Waals surface area (Å²) in [5.41, 5.74) is 6.17. The van der Waals surface area contributed by atoms with Gasteiger partial charge in [-0.2, -0.15) is 0 Å². The molecule has 49 heavy (non-hydrogen) atoms. The van der Waals surface area contributed by atoms with Crippen molar-refractivity contribution in [1.82, 2.24) is 15.3 Å². The van der Waals surface area contributed by atoms with Gasteiger partial charge in [-0.1, -0.05) is 38.1 Å². The third-order valence-electron chi connectivity index (χ3n) is 7.20. The van der Waals surface area contributed by atoms with Gasteiger partial charge in [0.2, 0.25) is 0 Å². The summed E-state index contributed by atoms with van der Waals surface area (Å²) < 4.78 is 30.2. The van der Waals surface area contributed by atoms with Gasteiger partial charge in [-0.15, -0.1) is 0 Å². The van der Waals surface area contributed by atoms with Gasteiger partial charge in [0.15, 0.2) is 11.5 Å². The van der Waals surface area contributed by atoms with Crippen molar-refractivity contribution in [3.05, 3.63) is 59.9 Å². The summed E-state index contributed by atoms with van der Waals surface area (Å²) in [6, 6.07) is 12.2. The van der Waals surface area contributed by atoms with Crippen LogP contribution in [0.15, 0.2) is 53.6 Å². The molecule has 2 aromatic carbocycles. The summed E-state index contributed by atoms with van der Waals surface area (Å²) in [5.74, 6) is -0.283. The summed E-state index contributed by atoms with van der Waals surface area (Å²) in [7, 11) is -1.44. The lowest BCUT2D eigenvalue weighted by atomic mass is 9.94. The van der Waals surface area contributed by atoms with Crippen LogP contribution in [0, 0.1) is 0 Å². The van der Waals surface area contributed by atoms with Crippen molar-refractivity contribution in [3.63, 3.8) is 0 Å². The zero-order valence-corrected chi connectivity index (χ0v) is 30.7. The maximum Gasteiger partial charge on any atom is 0.407 e. The van der Waals surface area contributed by atoms with Gasteiger partial charge in [-0.05, 0) is 79.0 Å². The number of hydrogen-bond donors (Lipinski definition) is 4. The van der Waals surface area contributed by atoms with E-state index in [0.29, 0.717) is 52.6 Å². The van der Waals surface area contributed by atoms with Crippen molar-refractivity contribution in [2.75, 3.05) is 30.9 Å². The summed E-state index contributed by atoms with van der Waals surface area (Å²) in [6.07, 6.45) is 2.37. The van der Waals surface area contributed by atoms with Gasteiger partial charge in [0, 0.05) is 33.9 Å². The number of carbonyl (C=O) groups excluding carboxylic acids is 2. The first kappa shape index (κ1) is 39.4. The second kappa shape index (κ2) is 17.0. The van der Waals surface area contributed by atoms with E-state index in [0.717, 1.165) is 0 Å². The van der Waals surface area contributed by atoms with Gasteiger partial charge in [0.1, 0.15) is 11.4 Å². The van der Waals surface area contributed by atoms with Crippen molar-refractivity contribution < 1.29 is 33.1 Å². The number of nitrogen functional groups attached to an aromatic ring is 1. The first-order valence-corrected chi connectivity index (χ1v) is 17.7. The second-order valence-corrected chi connectivity index (χ2v) is 15.5. The van der Waals surface area contributed by atoms with Crippen LogP contribution in [0.1, 0.15) is 90.7 Å². The van der Waals surface area contributed by atoms with Crippen LogP contribution in [0.4, 0.5) is 16.3 Å². The standard InChI is InChI=1S/C34H45N5O7S.C2H6/c1-32(2,3)46-31(41)37-18-23-10-9-11-25-28(23)45-17-8-7-16-44-21-34(6,42)20-33(4,5)47(43)24-14-12-22(13-15-24)26-19-36-29(35)27(38-26)30(40)39-25;1-2/h9-15,19,42H,7-8,16-18,20-21H2,1-6H3,(H2,35,36)(H,37,41)(H,39,40);1-2H3. The number of aromatic nitrogens is 2. The number of nitrogens with one attached hydrogen (secondary N) is 2. The van der Waals surface area contributed by atoms with E-state index < -0.39 is 38.7 Å². The number of carbonyl (C=O) groups is 2. The minimum atomic E-state index is -1.44. The molecule has 2 atom stereocenters. The van der Waals surface area contributed by atoms with E-state index in [9.17, 15) is 18.9 Å². The molecule has 2 aliphatic rings. The first-order valence-electron chi connectivity index (χ1n) is 16.5. The van der Waals surface area contributed by atoms with Crippen molar-refractivity contribution >= 4 is 34.3 Å². The molecule has 268 valence electrons. The molecule has 5 rings (SSSR count). The van der Waals surface area contributed by atoms with Crippen LogP contribution < -0.4 is 21.1 Å². The number of benzene rings is 2. The fourth-order valence-corrected chi connectivity index (χ4v) is 6.70. The topological polar surface area (TPSA) is 175 Å². The minimum absolute atomic E-state index is 0.0579. The van der Waals surface area contributed by atoms with Gasteiger partial charge >= 0.3 is 6.09 Å². The quantitative estimate of drug-likeness (QED) is 0.240. The van der Waals surface area contributed by atoms with E-state index >= 15 is 0 Å². The average molecular weight is 698 g/mol. The fourth-order valence-electron chi connectivity index (χ4n) is 5.24. The van der Waals surface area contributed by atoms with E-state index in [1.54, 1.807) is 70.2 Å². The van der Waals surface area contributed by atoms with Gasteiger partial charge in [-0.3, -0.25) is 9.00 Å². The van der Waals surface area contributed by atoms with Crippen LogP contribution in [0.2, 0.25) is 0 Å². The second-order valence-electron chi connectivity index (χ2n) is 13.4. The maximum atomic E-state index is 13.5. The number of nitrogens with zero attached hydrogens (tertiary/aromatic N) is 2. The number of hydrogen-bond acceptors (Lipinski definition) is 10. The van der Waals surface area contributed by atoms with Gasteiger partial charge in [-0.25, -0.2) is 14.8 Å². The Morgan fingerprint density at radius 2 is 1.78 bits per heavy atom. The number of anilines is 2. The number of amides is 2. The minimum Gasteiger partial charge on any atom is -0.491 e. The van der Waals surface area contributed by atoms with Gasteiger partial charge in [0.05, 0.1) is 47.2 Å². The fraction of sp³-hybridized carbons (Fsp3) is 0.500. The van der Waals surface area contributed by atoms with Crippen molar-refractivity contribution in [3.8, 4) is 17.0 Å². The van der Waals surface area contributed by atoms with E-state index in [4.69, 9.17) is 19.9 Å². The van der Waals surface area contributed by atoms with E-state index in [1.807, 2.05) is 27.7 Å². The molecule has 5 N–H and O–H groups in total. The Morgan fingerprint density at radius 3 is 2.45 bits per heavy atom. The van der Waals surface area contributed by atoms with Crippen molar-refractivity contribution in [1.29, 1.82) is 0 Å². The highest BCUT2D eigenvalue weighted by molar-refractivity contribution is 7.86. The number of aliphatic hydroxyl groups is 1. The third kappa shape index (κ3) is 11.5. The Morgan fingerprint density at radius 1 is 1.10 bits per heavy atom. The smallest absolute Gasteiger partial charge is 0.407 e. The first-order chi connectivity index (χ1) is 23.0. The van der Waals surface area contributed by atoms with Crippen LogP contribution in [0.3, 0.4) is 0 Å². The molecule has 4 bridgehead atoms. The molecule has 0 fully saturated rings. The van der Waals surface area contributed by atoms with Crippen LogP contribution in [-0.2, 0) is 26.8 Å². The molecule has 2 unspecified atom stereocenters. The van der Waals surface area contributed by atoms with E-state index in [-0.39, 0.29) is 37.7 Å². The average Bonchev–Trinajstić information content (AvgIpc) is 3.03. The van der Waals surface area contributed by atoms with Crippen LogP contribution in [-0.4, -0.2) is 67.1 Å². The van der Waals surface area contributed by atoms with E-state index in [1.165, 1.54) is 6.20 Å². The predicted molar refractivity (Wildman–Crippen MR) is 192 cm³/mol. The van der Waals surface area contributed by atoms with Crippen LogP contribution >= 0.6 is 0 Å². The zero-order valence-electron chi connectivity index (χ0n) is 29.8. The number of rotatable bonds is 2. The molecule has 2 amide bonds. The Labute approximate surface area is 292 Å². The number of ether oxygens (including phenoxy) is 3. The summed E-state index contributed by atoms with van der Waals surface area (Å²) >= 11 is 0. The molecule has 0 saturated carbocycles. The summed E-state index contributed by atoms with van der Waals surface area (Å²) in [5, 5.41) is 16.7. The zero-order chi connectivity index (χ0) is 36.4. The molecule has 13 heteroatoms. The molecule has 3 heterocycles. The molecule has 12 nitrogen and oxygen atoms in total. The molecule has 2 aliphatic heterocycles. The van der Waals surface area contributed by atoms with E-state index in [2.05, 4.69) is 20.6 Å². The normalized spacial score (nSPS) is 20.1. The highest BCUT2D eigenvalue weighted by Gasteiger charge is 2.36. The predicted octanol–water partition coefficient (Wildman–Crippen LogP) is 6.25. The molecule has 1 aromatic heterocycles. The molecule has 0 aliphatic carbocycles. The molecule has 0 saturated heterocycles. The lowest BCUT2D eigenvalue weighted by molar-refractivity contribution is -0.0441. The lowest BCUT2D eigenvalue weighted by Gasteiger charge is -2.33. The lowest BCUT2D eigenvalue weighted by Crippen LogP contribution is -2.41. The molecular formula is C36H51N5O7S. The Bertz CT molecular complexity index is 1600. The molecular weight excluding hydrogens is 646 g/mol. The van der Waals surface area contributed by atoms with Crippen molar-refractivity contribution in [2.45, 2.75) is 102 Å². The largest absolute Gasteiger partial charge is 0.491 e.